The van der Waals surface area contributed by atoms with E-state index in [4.69, 9.17) is 0 Å². The fourth-order valence-corrected chi connectivity index (χ4v) is 0.987. The van der Waals surface area contributed by atoms with Crippen LogP contribution in [0.2, 0.25) is 0 Å². The van der Waals surface area contributed by atoms with Crippen molar-refractivity contribution >= 4 is 5.91 Å². The molecule has 0 radical (unpaired) electrons. The summed E-state index contributed by atoms with van der Waals surface area (Å²) in [6, 6.07) is 1.89. The first kappa shape index (κ1) is 9.77. The molecule has 0 saturated carbocycles. The molecule has 72 valence electrons. The van der Waals surface area contributed by atoms with E-state index in [9.17, 15) is 4.79 Å². The van der Waals surface area contributed by atoms with Gasteiger partial charge in [-0.2, -0.15) is 5.10 Å². The highest BCUT2D eigenvalue weighted by molar-refractivity contribution is 5.75. The third kappa shape index (κ3) is 2.57. The van der Waals surface area contributed by atoms with Gasteiger partial charge in [0.05, 0.1) is 5.69 Å². The van der Waals surface area contributed by atoms with Gasteiger partial charge >= 0.3 is 0 Å². The van der Waals surface area contributed by atoms with E-state index in [1.54, 1.807) is 16.6 Å². The predicted octanol–water partition coefficient (Wildman–Crippen LogP) is 0.670. The maximum Gasteiger partial charge on any atom is 0.244 e. The lowest BCUT2D eigenvalue weighted by atomic mass is 10.5. The third-order valence-corrected chi connectivity index (χ3v) is 1.97. The number of rotatable bonds is 3. The Balaban J connectivity index is 2.54. The minimum absolute atomic E-state index is 0.0885. The zero-order chi connectivity index (χ0) is 9.84. The Morgan fingerprint density at radius 2 is 2.38 bits per heavy atom. The van der Waals surface area contributed by atoms with Gasteiger partial charge in [-0.15, -0.1) is 0 Å². The normalized spacial score (nSPS) is 10.1. The molecule has 0 fully saturated rings. The van der Waals surface area contributed by atoms with Crippen LogP contribution in [-0.2, 0) is 11.3 Å². The predicted molar refractivity (Wildman–Crippen MR) is 50.3 cm³/mol. The van der Waals surface area contributed by atoms with Gasteiger partial charge in [-0.3, -0.25) is 9.48 Å². The second-order valence-electron chi connectivity index (χ2n) is 3.06. The molecule has 0 aromatic carbocycles. The van der Waals surface area contributed by atoms with E-state index in [1.165, 1.54) is 0 Å². The van der Waals surface area contributed by atoms with Crippen molar-refractivity contribution in [2.45, 2.75) is 20.4 Å². The van der Waals surface area contributed by atoms with Crippen molar-refractivity contribution < 1.29 is 4.79 Å². The quantitative estimate of drug-likeness (QED) is 0.687. The number of carbonyl (C=O) groups is 1. The second-order valence-corrected chi connectivity index (χ2v) is 3.06. The maximum atomic E-state index is 11.4. The molecular weight excluding hydrogens is 166 g/mol. The van der Waals surface area contributed by atoms with Gasteiger partial charge in [0.2, 0.25) is 5.91 Å². The summed E-state index contributed by atoms with van der Waals surface area (Å²) in [5.41, 5.74) is 0.937. The van der Waals surface area contributed by atoms with Crippen molar-refractivity contribution in [3.8, 4) is 0 Å². The topological polar surface area (TPSA) is 38.1 Å². The lowest BCUT2D eigenvalue weighted by Crippen LogP contribution is -2.30. The van der Waals surface area contributed by atoms with E-state index < -0.39 is 0 Å². The lowest BCUT2D eigenvalue weighted by molar-refractivity contribution is -0.130. The number of carbonyl (C=O) groups excluding carboxylic acids is 1. The van der Waals surface area contributed by atoms with Crippen LogP contribution in [-0.4, -0.2) is 34.2 Å². The molecule has 0 bridgehead atoms. The molecule has 0 N–H and O–H groups in total. The molecule has 13 heavy (non-hydrogen) atoms. The molecule has 1 aromatic rings. The highest BCUT2D eigenvalue weighted by atomic mass is 16.2. The number of hydrogen-bond acceptors (Lipinski definition) is 2. The van der Waals surface area contributed by atoms with Gasteiger partial charge in [-0.05, 0) is 19.9 Å². The minimum atomic E-state index is 0.0885. The molecule has 0 spiro atoms. The molecule has 0 aliphatic rings. The van der Waals surface area contributed by atoms with Crippen LogP contribution in [0.15, 0.2) is 12.3 Å². The standard InChI is InChI=1S/C9H15N3O/c1-4-11(3)9(13)7-12-6-5-8(2)10-12/h5-6H,4,7H2,1-3H3. The number of nitrogens with zero attached hydrogens (tertiary/aromatic N) is 3. The molecule has 4 nitrogen and oxygen atoms in total. The second kappa shape index (κ2) is 4.07. The first-order valence-corrected chi connectivity index (χ1v) is 4.37. The lowest BCUT2D eigenvalue weighted by Gasteiger charge is -2.13. The summed E-state index contributed by atoms with van der Waals surface area (Å²) in [7, 11) is 1.79. The molecule has 0 aliphatic carbocycles. The van der Waals surface area contributed by atoms with Crippen LogP contribution in [0.1, 0.15) is 12.6 Å². The van der Waals surface area contributed by atoms with E-state index in [0.29, 0.717) is 6.54 Å². The van der Waals surface area contributed by atoms with Gasteiger partial charge in [0.15, 0.2) is 0 Å². The number of hydrogen-bond donors (Lipinski definition) is 0. The zero-order valence-electron chi connectivity index (χ0n) is 8.32. The molecule has 1 rings (SSSR count). The number of amides is 1. The van der Waals surface area contributed by atoms with Crippen LogP contribution in [0, 0.1) is 6.92 Å². The van der Waals surface area contributed by atoms with E-state index in [0.717, 1.165) is 12.2 Å². The molecular formula is C9H15N3O. The number of aryl methyl sites for hydroxylation is 1. The van der Waals surface area contributed by atoms with Gasteiger partial charge in [0, 0.05) is 19.8 Å². The van der Waals surface area contributed by atoms with Crippen LogP contribution in [0.4, 0.5) is 0 Å². The monoisotopic (exact) mass is 181 g/mol. The molecule has 1 aromatic heterocycles. The Kier molecular flexibility index (Phi) is 3.06. The van der Waals surface area contributed by atoms with Gasteiger partial charge in [-0.25, -0.2) is 0 Å². The summed E-state index contributed by atoms with van der Waals surface area (Å²) in [5.74, 6) is 0.0885. The van der Waals surface area contributed by atoms with Crippen LogP contribution in [0.3, 0.4) is 0 Å². The number of aromatic nitrogens is 2. The molecule has 1 amide bonds. The Labute approximate surface area is 78.1 Å². The Hall–Kier alpha value is -1.32. The summed E-state index contributed by atoms with van der Waals surface area (Å²) in [4.78, 5) is 13.1. The molecule has 0 saturated heterocycles. The zero-order valence-corrected chi connectivity index (χ0v) is 8.32. The summed E-state index contributed by atoms with van der Waals surface area (Å²) < 4.78 is 1.66. The fourth-order valence-electron chi connectivity index (χ4n) is 0.987. The van der Waals surface area contributed by atoms with Crippen LogP contribution in [0.25, 0.3) is 0 Å². The average Bonchev–Trinajstić information content (AvgIpc) is 2.49. The van der Waals surface area contributed by atoms with Crippen molar-refractivity contribution in [3.63, 3.8) is 0 Å². The van der Waals surface area contributed by atoms with Gasteiger partial charge in [0.25, 0.3) is 0 Å². The highest BCUT2D eigenvalue weighted by Gasteiger charge is 2.07. The number of likely N-dealkylation sites (N-methyl/N-ethyl adjacent to an activating group) is 1. The third-order valence-electron chi connectivity index (χ3n) is 1.97. The van der Waals surface area contributed by atoms with Crippen molar-refractivity contribution in [2.75, 3.05) is 13.6 Å². The smallest absolute Gasteiger partial charge is 0.244 e. The van der Waals surface area contributed by atoms with Crippen molar-refractivity contribution in [1.82, 2.24) is 14.7 Å². The van der Waals surface area contributed by atoms with Crippen molar-refractivity contribution in [3.05, 3.63) is 18.0 Å². The average molecular weight is 181 g/mol. The van der Waals surface area contributed by atoms with Crippen molar-refractivity contribution in [2.24, 2.45) is 0 Å². The van der Waals surface area contributed by atoms with Gasteiger partial charge in [0.1, 0.15) is 6.54 Å². The van der Waals surface area contributed by atoms with Gasteiger partial charge in [-0.1, -0.05) is 0 Å². The molecule has 0 aliphatic heterocycles. The van der Waals surface area contributed by atoms with Crippen LogP contribution in [0.5, 0.6) is 0 Å². The Bertz CT molecular complexity index is 293. The van der Waals surface area contributed by atoms with Crippen molar-refractivity contribution in [1.29, 1.82) is 0 Å². The van der Waals surface area contributed by atoms with Gasteiger partial charge < -0.3 is 4.90 Å². The minimum Gasteiger partial charge on any atom is -0.344 e. The van der Waals surface area contributed by atoms with Crippen LogP contribution >= 0.6 is 0 Å². The summed E-state index contributed by atoms with van der Waals surface area (Å²) in [5, 5.41) is 4.14. The molecule has 4 heteroatoms. The SMILES string of the molecule is CCN(C)C(=O)Cn1ccc(C)n1. The first-order chi connectivity index (χ1) is 6.13. The molecule has 0 atom stereocenters. The maximum absolute atomic E-state index is 11.4. The Morgan fingerprint density at radius 3 is 2.85 bits per heavy atom. The summed E-state index contributed by atoms with van der Waals surface area (Å²) in [6.07, 6.45) is 1.82. The first-order valence-electron chi connectivity index (χ1n) is 4.37. The van der Waals surface area contributed by atoms with E-state index in [-0.39, 0.29) is 5.91 Å². The fraction of sp³-hybridized carbons (Fsp3) is 0.556. The van der Waals surface area contributed by atoms with E-state index in [1.807, 2.05) is 26.1 Å². The largest absolute Gasteiger partial charge is 0.344 e. The summed E-state index contributed by atoms with van der Waals surface area (Å²) in [6.45, 7) is 4.92. The molecule has 0 unspecified atom stereocenters. The van der Waals surface area contributed by atoms with E-state index >= 15 is 0 Å². The Morgan fingerprint density at radius 1 is 1.69 bits per heavy atom. The molecule has 1 heterocycles. The van der Waals surface area contributed by atoms with Crippen LogP contribution < -0.4 is 0 Å². The van der Waals surface area contributed by atoms with E-state index in [2.05, 4.69) is 5.10 Å². The highest BCUT2D eigenvalue weighted by Crippen LogP contribution is 1.94. The summed E-state index contributed by atoms with van der Waals surface area (Å²) >= 11 is 0.